The number of hydrogen-bond acceptors (Lipinski definition) is 5. The lowest BCUT2D eigenvalue weighted by Gasteiger charge is -2.16. The molecule has 3 aromatic rings. The van der Waals surface area contributed by atoms with E-state index in [1.54, 1.807) is 41.3 Å². The van der Waals surface area contributed by atoms with Crippen LogP contribution >= 0.6 is 11.8 Å². The van der Waals surface area contributed by atoms with Crippen molar-refractivity contribution in [1.82, 2.24) is 14.8 Å². The van der Waals surface area contributed by atoms with Crippen LogP contribution in [-0.4, -0.2) is 38.8 Å². The van der Waals surface area contributed by atoms with E-state index in [9.17, 15) is 14.0 Å². The quantitative estimate of drug-likeness (QED) is 0.361. The van der Waals surface area contributed by atoms with Gasteiger partial charge in [-0.25, -0.2) is 4.39 Å². The highest BCUT2D eigenvalue weighted by molar-refractivity contribution is 7.99. The number of nitrogens with zero attached hydrogens (tertiary/aromatic N) is 4. The van der Waals surface area contributed by atoms with Crippen molar-refractivity contribution in [2.75, 3.05) is 17.2 Å². The Balaban J connectivity index is 1.53. The zero-order valence-electron chi connectivity index (χ0n) is 18.1. The van der Waals surface area contributed by atoms with Gasteiger partial charge in [0.05, 0.1) is 11.3 Å². The molecule has 0 bridgehead atoms. The molecule has 1 aromatic heterocycles. The monoisotopic (exact) mass is 452 g/mol. The van der Waals surface area contributed by atoms with E-state index in [-0.39, 0.29) is 23.3 Å². The van der Waals surface area contributed by atoms with Crippen LogP contribution in [0.4, 0.5) is 10.1 Å². The minimum Gasteiger partial charge on any atom is -0.312 e. The smallest absolute Gasteiger partial charge is 0.227 e. The van der Waals surface area contributed by atoms with Crippen molar-refractivity contribution in [3.8, 4) is 11.4 Å². The van der Waals surface area contributed by atoms with Crippen LogP contribution in [0.2, 0.25) is 0 Å². The van der Waals surface area contributed by atoms with Crippen molar-refractivity contribution in [3.05, 3.63) is 59.9 Å². The summed E-state index contributed by atoms with van der Waals surface area (Å²) in [5.74, 6) is 0.597. The van der Waals surface area contributed by atoms with Gasteiger partial charge in [-0.2, -0.15) is 0 Å². The number of carbonyl (C=O) groups is 2. The van der Waals surface area contributed by atoms with Crippen LogP contribution < -0.4 is 4.90 Å². The number of thioether (sulfide) groups is 1. The Bertz CT molecular complexity index is 1140. The van der Waals surface area contributed by atoms with Crippen LogP contribution in [0, 0.1) is 11.7 Å². The summed E-state index contributed by atoms with van der Waals surface area (Å²) in [7, 11) is 0. The molecule has 8 heteroatoms. The number of ketones is 1. The summed E-state index contributed by atoms with van der Waals surface area (Å²) in [6, 6.07) is 13.7. The number of amides is 1. The van der Waals surface area contributed by atoms with Gasteiger partial charge in [-0.15, -0.1) is 10.2 Å². The third-order valence-electron chi connectivity index (χ3n) is 5.26. The molecule has 0 saturated carbocycles. The van der Waals surface area contributed by atoms with Crippen LogP contribution in [0.1, 0.15) is 37.0 Å². The number of aromatic nitrogens is 3. The average Bonchev–Trinajstić information content (AvgIpc) is 3.38. The molecule has 4 rings (SSSR count). The lowest BCUT2D eigenvalue weighted by Crippen LogP contribution is -2.23. The molecule has 1 amide bonds. The number of hydrogen-bond donors (Lipinski definition) is 0. The molecule has 1 fully saturated rings. The van der Waals surface area contributed by atoms with Gasteiger partial charge in [0.25, 0.3) is 0 Å². The van der Waals surface area contributed by atoms with Crippen LogP contribution in [0.25, 0.3) is 11.4 Å². The fraction of sp³-hybridized carbons (Fsp3) is 0.333. The Morgan fingerprint density at radius 3 is 2.69 bits per heavy atom. The van der Waals surface area contributed by atoms with Crippen molar-refractivity contribution in [3.63, 3.8) is 0 Å². The summed E-state index contributed by atoms with van der Waals surface area (Å²) in [5, 5.41) is 9.05. The molecule has 2 heterocycles. The maximum atomic E-state index is 14.4. The van der Waals surface area contributed by atoms with Gasteiger partial charge < -0.3 is 9.47 Å². The third-order valence-corrected chi connectivity index (χ3v) is 6.23. The van der Waals surface area contributed by atoms with Crippen LogP contribution in [0.3, 0.4) is 0 Å². The first-order valence-electron chi connectivity index (χ1n) is 10.7. The highest BCUT2D eigenvalue weighted by atomic mass is 32.2. The summed E-state index contributed by atoms with van der Waals surface area (Å²) in [6.45, 7) is 5.42. The molecular formula is C24H25FN4O2S. The van der Waals surface area contributed by atoms with Crippen molar-refractivity contribution in [2.45, 2.75) is 38.4 Å². The van der Waals surface area contributed by atoms with Gasteiger partial charge in [0, 0.05) is 30.8 Å². The minimum atomic E-state index is -0.356. The van der Waals surface area contributed by atoms with Crippen molar-refractivity contribution >= 4 is 29.1 Å². The Morgan fingerprint density at radius 2 is 1.97 bits per heavy atom. The second-order valence-electron chi connectivity index (χ2n) is 8.20. The molecule has 2 aromatic carbocycles. The van der Waals surface area contributed by atoms with Gasteiger partial charge in [0.1, 0.15) is 5.82 Å². The Labute approximate surface area is 190 Å². The summed E-state index contributed by atoms with van der Waals surface area (Å²) >= 11 is 1.29. The Hall–Kier alpha value is -3.00. The minimum absolute atomic E-state index is 0.0602. The summed E-state index contributed by atoms with van der Waals surface area (Å²) in [4.78, 5) is 26.6. The lowest BCUT2D eigenvalue weighted by atomic mass is 10.1. The SMILES string of the molecule is CC(C)Cn1c(SCC(=O)c2cccc(N3CCCC3=O)c2)nnc1-c1ccccc1F. The first kappa shape index (κ1) is 22.2. The second kappa shape index (κ2) is 9.65. The van der Waals surface area contributed by atoms with E-state index in [1.807, 2.05) is 10.6 Å². The molecular weight excluding hydrogens is 427 g/mol. The van der Waals surface area contributed by atoms with Gasteiger partial charge in [-0.3, -0.25) is 9.59 Å². The summed E-state index contributed by atoms with van der Waals surface area (Å²) in [5.41, 5.74) is 1.70. The normalized spacial score (nSPS) is 13.9. The molecule has 0 atom stereocenters. The van der Waals surface area contributed by atoms with Gasteiger partial charge in [-0.05, 0) is 36.6 Å². The molecule has 0 unspecified atom stereocenters. The number of halogens is 1. The third kappa shape index (κ3) is 4.75. The van der Waals surface area contributed by atoms with E-state index in [2.05, 4.69) is 24.0 Å². The largest absolute Gasteiger partial charge is 0.312 e. The van der Waals surface area contributed by atoms with E-state index in [0.29, 0.717) is 47.5 Å². The summed E-state index contributed by atoms with van der Waals surface area (Å²) < 4.78 is 16.2. The van der Waals surface area contributed by atoms with Gasteiger partial charge >= 0.3 is 0 Å². The van der Waals surface area contributed by atoms with E-state index >= 15 is 0 Å². The first-order chi connectivity index (χ1) is 15.4. The fourth-order valence-electron chi connectivity index (χ4n) is 3.75. The predicted molar refractivity (Wildman–Crippen MR) is 123 cm³/mol. The molecule has 0 aliphatic carbocycles. The highest BCUT2D eigenvalue weighted by Gasteiger charge is 2.23. The first-order valence-corrected chi connectivity index (χ1v) is 11.7. The number of anilines is 1. The van der Waals surface area contributed by atoms with E-state index in [4.69, 9.17) is 0 Å². The molecule has 6 nitrogen and oxygen atoms in total. The fourth-order valence-corrected chi connectivity index (χ4v) is 4.59. The van der Waals surface area contributed by atoms with Crippen molar-refractivity contribution in [2.24, 2.45) is 5.92 Å². The number of benzene rings is 2. The average molecular weight is 453 g/mol. The zero-order chi connectivity index (χ0) is 22.7. The molecule has 1 aliphatic rings. The molecule has 0 radical (unpaired) electrons. The molecule has 166 valence electrons. The van der Waals surface area contributed by atoms with Crippen LogP contribution in [0.5, 0.6) is 0 Å². The van der Waals surface area contributed by atoms with Gasteiger partial charge in [0.2, 0.25) is 5.91 Å². The highest BCUT2D eigenvalue weighted by Crippen LogP contribution is 2.28. The van der Waals surface area contributed by atoms with E-state index in [1.165, 1.54) is 17.8 Å². The van der Waals surface area contributed by atoms with E-state index < -0.39 is 0 Å². The van der Waals surface area contributed by atoms with Crippen molar-refractivity contribution < 1.29 is 14.0 Å². The van der Waals surface area contributed by atoms with Crippen LogP contribution in [0.15, 0.2) is 53.7 Å². The zero-order valence-corrected chi connectivity index (χ0v) is 18.9. The molecule has 0 N–H and O–H groups in total. The topological polar surface area (TPSA) is 68.1 Å². The Morgan fingerprint density at radius 1 is 1.16 bits per heavy atom. The lowest BCUT2D eigenvalue weighted by molar-refractivity contribution is -0.117. The van der Waals surface area contributed by atoms with Crippen LogP contribution in [-0.2, 0) is 11.3 Å². The maximum absolute atomic E-state index is 14.4. The molecule has 1 saturated heterocycles. The summed E-state index contributed by atoms with van der Waals surface area (Å²) in [6.07, 6.45) is 1.38. The van der Waals surface area contributed by atoms with Gasteiger partial charge in [-0.1, -0.05) is 49.9 Å². The van der Waals surface area contributed by atoms with Gasteiger partial charge in [0.15, 0.2) is 16.8 Å². The standard InChI is InChI=1S/C24H25FN4O2S/c1-16(2)14-29-23(19-9-3-4-10-20(19)25)26-27-24(29)32-15-21(30)17-7-5-8-18(13-17)28-12-6-11-22(28)31/h3-5,7-10,13,16H,6,11-12,14-15H2,1-2H3. The van der Waals surface area contributed by atoms with E-state index in [0.717, 1.165) is 12.1 Å². The van der Waals surface area contributed by atoms with Crippen molar-refractivity contribution in [1.29, 1.82) is 0 Å². The maximum Gasteiger partial charge on any atom is 0.227 e. The Kier molecular flexibility index (Phi) is 6.69. The number of rotatable bonds is 8. The predicted octanol–water partition coefficient (Wildman–Crippen LogP) is 4.84. The number of carbonyl (C=O) groups excluding carboxylic acids is 2. The molecule has 0 spiro atoms. The molecule has 32 heavy (non-hydrogen) atoms. The number of Topliss-reactive ketones (excluding diaryl/α,β-unsaturated/α-hetero) is 1. The second-order valence-corrected chi connectivity index (χ2v) is 9.14. The molecule has 1 aliphatic heterocycles.